The maximum atomic E-state index is 8.97. The summed E-state index contributed by atoms with van der Waals surface area (Å²) in [5, 5.41) is 17.3. The van der Waals surface area contributed by atoms with E-state index in [9.17, 15) is 0 Å². The highest BCUT2D eigenvalue weighted by Gasteiger charge is 2.11. The zero-order valence-corrected chi connectivity index (χ0v) is 12.7. The SMILES string of the molecule is N#Cc1ccc2nnc(-c3ccc(Br)cc3Br)n2c1. The summed E-state index contributed by atoms with van der Waals surface area (Å²) in [4.78, 5) is 0. The van der Waals surface area contributed by atoms with Crippen LogP contribution >= 0.6 is 31.9 Å². The topological polar surface area (TPSA) is 54.0 Å². The molecule has 1 aromatic carbocycles. The van der Waals surface area contributed by atoms with E-state index < -0.39 is 0 Å². The third-order valence-corrected chi connectivity index (χ3v) is 3.85. The van der Waals surface area contributed by atoms with Gasteiger partial charge in [0.2, 0.25) is 0 Å². The molecular formula is C13H6Br2N4. The van der Waals surface area contributed by atoms with Gasteiger partial charge in [0.1, 0.15) is 6.07 Å². The number of hydrogen-bond donors (Lipinski definition) is 0. The zero-order valence-electron chi connectivity index (χ0n) is 9.51. The third kappa shape index (κ3) is 2.15. The summed E-state index contributed by atoms with van der Waals surface area (Å²) in [5.41, 5.74) is 2.20. The Morgan fingerprint density at radius 1 is 1.11 bits per heavy atom. The number of halogens is 2. The quantitative estimate of drug-likeness (QED) is 0.648. The Labute approximate surface area is 126 Å². The number of rotatable bonds is 1. The van der Waals surface area contributed by atoms with Gasteiger partial charge in [-0.3, -0.25) is 4.40 Å². The van der Waals surface area contributed by atoms with Gasteiger partial charge in [-0.05, 0) is 46.3 Å². The molecule has 4 nitrogen and oxygen atoms in total. The Kier molecular flexibility index (Phi) is 3.09. The van der Waals surface area contributed by atoms with E-state index in [1.54, 1.807) is 18.3 Å². The molecule has 3 aromatic rings. The molecule has 92 valence electrons. The second kappa shape index (κ2) is 4.76. The summed E-state index contributed by atoms with van der Waals surface area (Å²) in [7, 11) is 0. The van der Waals surface area contributed by atoms with Crippen LogP contribution in [0.15, 0.2) is 45.5 Å². The van der Waals surface area contributed by atoms with Crippen molar-refractivity contribution < 1.29 is 0 Å². The first-order chi connectivity index (χ1) is 9.19. The van der Waals surface area contributed by atoms with Gasteiger partial charge in [-0.2, -0.15) is 5.26 Å². The minimum Gasteiger partial charge on any atom is -0.281 e. The largest absolute Gasteiger partial charge is 0.281 e. The van der Waals surface area contributed by atoms with Crippen LogP contribution in [0.1, 0.15) is 5.56 Å². The lowest BCUT2D eigenvalue weighted by molar-refractivity contribution is 1.11. The lowest BCUT2D eigenvalue weighted by Gasteiger charge is -2.03. The van der Waals surface area contributed by atoms with Gasteiger partial charge in [-0.15, -0.1) is 10.2 Å². The first-order valence-electron chi connectivity index (χ1n) is 5.39. The van der Waals surface area contributed by atoms with E-state index in [0.29, 0.717) is 17.0 Å². The van der Waals surface area contributed by atoms with Gasteiger partial charge in [-0.25, -0.2) is 0 Å². The third-order valence-electron chi connectivity index (χ3n) is 2.70. The molecule has 0 spiro atoms. The minimum atomic E-state index is 0.571. The van der Waals surface area contributed by atoms with Crippen LogP contribution in [-0.2, 0) is 0 Å². The van der Waals surface area contributed by atoms with Gasteiger partial charge in [0, 0.05) is 20.7 Å². The fourth-order valence-corrected chi connectivity index (χ4v) is 3.04. The van der Waals surface area contributed by atoms with E-state index in [4.69, 9.17) is 5.26 Å². The highest BCUT2D eigenvalue weighted by Crippen LogP contribution is 2.29. The van der Waals surface area contributed by atoms with Gasteiger partial charge >= 0.3 is 0 Å². The number of nitriles is 1. The van der Waals surface area contributed by atoms with Gasteiger partial charge in [0.05, 0.1) is 5.56 Å². The standard InChI is InChI=1S/C13H6Br2N4/c14-9-2-3-10(11(15)5-9)13-18-17-12-4-1-8(6-16)7-19(12)13/h1-5,7H. The molecule has 2 heterocycles. The van der Waals surface area contributed by atoms with E-state index in [-0.39, 0.29) is 0 Å². The molecule has 0 atom stereocenters. The smallest absolute Gasteiger partial charge is 0.169 e. The molecular weight excluding hydrogens is 372 g/mol. The van der Waals surface area contributed by atoms with Crippen molar-refractivity contribution in [3.8, 4) is 17.5 Å². The van der Waals surface area contributed by atoms with Crippen LogP contribution in [0.25, 0.3) is 17.0 Å². The lowest BCUT2D eigenvalue weighted by atomic mass is 10.2. The average Bonchev–Trinajstić information content (AvgIpc) is 2.81. The van der Waals surface area contributed by atoms with Crippen LogP contribution in [-0.4, -0.2) is 14.6 Å². The normalized spacial score (nSPS) is 10.6. The van der Waals surface area contributed by atoms with E-state index in [1.807, 2.05) is 22.6 Å². The Balaban J connectivity index is 2.28. The summed E-state index contributed by atoms with van der Waals surface area (Å²) < 4.78 is 3.71. The molecule has 0 amide bonds. The number of aromatic nitrogens is 3. The first kappa shape index (κ1) is 12.3. The van der Waals surface area contributed by atoms with Crippen LogP contribution in [0.3, 0.4) is 0 Å². The Morgan fingerprint density at radius 2 is 1.95 bits per heavy atom. The molecule has 0 saturated heterocycles. The minimum absolute atomic E-state index is 0.571. The molecule has 0 radical (unpaired) electrons. The highest BCUT2D eigenvalue weighted by atomic mass is 79.9. The molecule has 0 N–H and O–H groups in total. The van der Waals surface area contributed by atoms with Crippen molar-refractivity contribution in [1.29, 1.82) is 5.26 Å². The Hall–Kier alpha value is -1.71. The zero-order chi connectivity index (χ0) is 13.4. The van der Waals surface area contributed by atoms with Crippen molar-refractivity contribution >= 4 is 37.5 Å². The predicted molar refractivity (Wildman–Crippen MR) is 78.5 cm³/mol. The molecule has 0 aliphatic rings. The van der Waals surface area contributed by atoms with E-state index in [0.717, 1.165) is 14.5 Å². The Morgan fingerprint density at radius 3 is 2.68 bits per heavy atom. The molecule has 6 heteroatoms. The maximum absolute atomic E-state index is 8.97. The molecule has 0 saturated carbocycles. The van der Waals surface area contributed by atoms with Gasteiger partial charge < -0.3 is 0 Å². The highest BCUT2D eigenvalue weighted by molar-refractivity contribution is 9.11. The van der Waals surface area contributed by atoms with E-state index in [1.165, 1.54) is 0 Å². The van der Waals surface area contributed by atoms with Gasteiger partial charge in [0.25, 0.3) is 0 Å². The average molecular weight is 378 g/mol. The molecule has 0 aliphatic carbocycles. The fraction of sp³-hybridized carbons (Fsp3) is 0. The van der Waals surface area contributed by atoms with Crippen molar-refractivity contribution in [3.05, 3.63) is 51.0 Å². The molecule has 0 bridgehead atoms. The Bertz CT molecular complexity index is 817. The summed E-state index contributed by atoms with van der Waals surface area (Å²) in [6.07, 6.45) is 1.74. The predicted octanol–water partition coefficient (Wildman–Crippen LogP) is 3.79. The van der Waals surface area contributed by atoms with Crippen molar-refractivity contribution in [2.75, 3.05) is 0 Å². The number of pyridine rings is 1. The van der Waals surface area contributed by atoms with Crippen molar-refractivity contribution in [1.82, 2.24) is 14.6 Å². The second-order valence-corrected chi connectivity index (χ2v) is 5.68. The number of fused-ring (bicyclic) bond motifs is 1. The summed E-state index contributed by atoms with van der Waals surface area (Å²) in [5.74, 6) is 0.700. The lowest BCUT2D eigenvalue weighted by Crippen LogP contribution is -1.91. The van der Waals surface area contributed by atoms with Crippen LogP contribution in [0.4, 0.5) is 0 Å². The molecule has 2 aromatic heterocycles. The van der Waals surface area contributed by atoms with Crippen LogP contribution in [0.2, 0.25) is 0 Å². The molecule has 0 unspecified atom stereocenters. The summed E-state index contributed by atoms with van der Waals surface area (Å²) in [6, 6.07) is 11.5. The van der Waals surface area contributed by atoms with Crippen LogP contribution in [0.5, 0.6) is 0 Å². The van der Waals surface area contributed by atoms with Gasteiger partial charge in [-0.1, -0.05) is 15.9 Å². The molecule has 0 fully saturated rings. The maximum Gasteiger partial charge on any atom is 0.169 e. The van der Waals surface area contributed by atoms with Crippen LogP contribution in [0, 0.1) is 11.3 Å². The number of hydrogen-bond acceptors (Lipinski definition) is 3. The fourth-order valence-electron chi connectivity index (χ4n) is 1.81. The van der Waals surface area contributed by atoms with Crippen molar-refractivity contribution in [2.45, 2.75) is 0 Å². The first-order valence-corrected chi connectivity index (χ1v) is 6.98. The summed E-state index contributed by atoms with van der Waals surface area (Å²) in [6.45, 7) is 0. The van der Waals surface area contributed by atoms with Gasteiger partial charge in [0.15, 0.2) is 11.5 Å². The monoisotopic (exact) mass is 376 g/mol. The molecule has 0 aliphatic heterocycles. The van der Waals surface area contributed by atoms with E-state index in [2.05, 4.69) is 48.1 Å². The molecule has 3 rings (SSSR count). The van der Waals surface area contributed by atoms with Crippen molar-refractivity contribution in [2.24, 2.45) is 0 Å². The van der Waals surface area contributed by atoms with Crippen LogP contribution < -0.4 is 0 Å². The summed E-state index contributed by atoms with van der Waals surface area (Å²) >= 11 is 6.93. The second-order valence-electron chi connectivity index (χ2n) is 3.91. The molecule has 19 heavy (non-hydrogen) atoms. The van der Waals surface area contributed by atoms with Crippen molar-refractivity contribution in [3.63, 3.8) is 0 Å². The number of nitrogens with zero attached hydrogens (tertiary/aromatic N) is 4. The number of benzene rings is 1. The van der Waals surface area contributed by atoms with E-state index >= 15 is 0 Å².